The van der Waals surface area contributed by atoms with Crippen LogP contribution in [0.4, 0.5) is 0 Å². The van der Waals surface area contributed by atoms with Gasteiger partial charge < -0.3 is 14.9 Å². The molecule has 4 nitrogen and oxygen atoms in total. The standard InChI is InChI=1S/C22H38O4/c1-16(10-14-26-17(2)24)7-8-19-21(4)12-6-11-20(3,15-23)18(21)9-13-22(19,5)25/h10,18-19,23,25H,6-9,11-15H2,1-5H3/b16-10+/t18-,19+,20-,21-,22+/m0/s1. The molecule has 0 amide bonds. The van der Waals surface area contributed by atoms with E-state index >= 15 is 0 Å². The zero-order valence-electron chi connectivity index (χ0n) is 17.3. The largest absolute Gasteiger partial charge is 0.462 e. The first kappa shape index (κ1) is 21.4. The van der Waals surface area contributed by atoms with Crippen molar-refractivity contribution < 1.29 is 19.7 Å². The van der Waals surface area contributed by atoms with Gasteiger partial charge in [-0.25, -0.2) is 0 Å². The molecule has 2 fully saturated rings. The van der Waals surface area contributed by atoms with Gasteiger partial charge in [0.25, 0.3) is 0 Å². The summed E-state index contributed by atoms with van der Waals surface area (Å²) in [6.45, 7) is 10.6. The highest BCUT2D eigenvalue weighted by Gasteiger charge is 2.58. The maximum absolute atomic E-state index is 11.2. The molecule has 0 aliphatic heterocycles. The topological polar surface area (TPSA) is 66.8 Å². The number of hydrogen-bond donors (Lipinski definition) is 2. The molecule has 0 spiro atoms. The van der Waals surface area contributed by atoms with Crippen LogP contribution in [0.3, 0.4) is 0 Å². The average molecular weight is 367 g/mol. The highest BCUT2D eigenvalue weighted by Crippen LogP contribution is 2.63. The Morgan fingerprint density at radius 3 is 2.50 bits per heavy atom. The van der Waals surface area contributed by atoms with Crippen LogP contribution in [0.25, 0.3) is 0 Å². The molecule has 0 heterocycles. The Kier molecular flexibility index (Phi) is 6.61. The molecule has 2 saturated carbocycles. The maximum Gasteiger partial charge on any atom is 0.302 e. The zero-order valence-corrected chi connectivity index (χ0v) is 17.3. The first-order chi connectivity index (χ1) is 12.0. The summed E-state index contributed by atoms with van der Waals surface area (Å²) < 4.78 is 5.00. The van der Waals surface area contributed by atoms with Gasteiger partial charge in [-0.3, -0.25) is 4.79 Å². The molecule has 4 heteroatoms. The predicted octanol–water partition coefficient (Wildman–Crippen LogP) is 4.24. The van der Waals surface area contributed by atoms with Gasteiger partial charge in [0, 0.05) is 13.5 Å². The fourth-order valence-corrected chi connectivity index (χ4v) is 6.04. The summed E-state index contributed by atoms with van der Waals surface area (Å²) in [4.78, 5) is 10.9. The van der Waals surface area contributed by atoms with Crippen molar-refractivity contribution in [2.45, 2.75) is 85.2 Å². The van der Waals surface area contributed by atoms with Crippen molar-refractivity contribution in [2.24, 2.45) is 22.7 Å². The van der Waals surface area contributed by atoms with Crippen molar-refractivity contribution in [1.29, 1.82) is 0 Å². The van der Waals surface area contributed by atoms with Crippen LogP contribution in [-0.4, -0.2) is 35.0 Å². The quantitative estimate of drug-likeness (QED) is 0.545. The van der Waals surface area contributed by atoms with E-state index in [4.69, 9.17) is 4.74 Å². The molecule has 0 aromatic heterocycles. The van der Waals surface area contributed by atoms with Gasteiger partial charge in [-0.1, -0.05) is 25.8 Å². The number of aliphatic hydroxyl groups excluding tert-OH is 1. The van der Waals surface area contributed by atoms with Crippen LogP contribution in [0.15, 0.2) is 11.6 Å². The number of carbonyl (C=O) groups excluding carboxylic acids is 1. The van der Waals surface area contributed by atoms with E-state index in [2.05, 4.69) is 20.8 Å². The molecular formula is C22H38O4. The lowest BCUT2D eigenvalue weighted by molar-refractivity contribution is -0.179. The van der Waals surface area contributed by atoms with Crippen molar-refractivity contribution in [3.8, 4) is 0 Å². The lowest BCUT2D eigenvalue weighted by Crippen LogP contribution is -2.58. The van der Waals surface area contributed by atoms with Gasteiger partial charge in [-0.2, -0.15) is 0 Å². The number of carbonyl (C=O) groups is 1. The molecule has 150 valence electrons. The monoisotopic (exact) mass is 366 g/mol. The smallest absolute Gasteiger partial charge is 0.302 e. The summed E-state index contributed by atoms with van der Waals surface area (Å²) >= 11 is 0. The Balaban J connectivity index is 2.14. The molecule has 0 radical (unpaired) electrons. The minimum absolute atomic E-state index is 0.0258. The van der Waals surface area contributed by atoms with Gasteiger partial charge in [0.1, 0.15) is 6.61 Å². The number of esters is 1. The van der Waals surface area contributed by atoms with E-state index in [9.17, 15) is 15.0 Å². The Hall–Kier alpha value is -0.870. The SMILES string of the molecule is CC(=O)OC/C=C(\C)CC[C@@H]1[C@@]2(C)CCC[C@@](C)(CO)[C@@H]2CC[C@@]1(C)O. The second kappa shape index (κ2) is 8.02. The van der Waals surface area contributed by atoms with Gasteiger partial charge in [0.15, 0.2) is 0 Å². The number of allylic oxidation sites excluding steroid dienone is 1. The van der Waals surface area contributed by atoms with Gasteiger partial charge in [-0.05, 0) is 81.1 Å². The Morgan fingerprint density at radius 2 is 1.88 bits per heavy atom. The lowest BCUT2D eigenvalue weighted by atomic mass is 9.45. The number of rotatable bonds is 6. The van der Waals surface area contributed by atoms with Gasteiger partial charge >= 0.3 is 5.97 Å². The molecule has 26 heavy (non-hydrogen) atoms. The summed E-state index contributed by atoms with van der Waals surface area (Å²) in [5.74, 6) is 0.423. The Morgan fingerprint density at radius 1 is 1.19 bits per heavy atom. The molecule has 2 aliphatic rings. The van der Waals surface area contributed by atoms with Crippen molar-refractivity contribution in [3.63, 3.8) is 0 Å². The van der Waals surface area contributed by atoms with Crippen LogP contribution < -0.4 is 0 Å². The third kappa shape index (κ3) is 4.33. The summed E-state index contributed by atoms with van der Waals surface area (Å²) in [6.07, 6.45) is 8.95. The van der Waals surface area contributed by atoms with Crippen LogP contribution in [0.5, 0.6) is 0 Å². The van der Waals surface area contributed by atoms with Crippen molar-refractivity contribution in [1.82, 2.24) is 0 Å². The first-order valence-corrected chi connectivity index (χ1v) is 10.2. The molecule has 0 bridgehead atoms. The van der Waals surface area contributed by atoms with E-state index < -0.39 is 5.60 Å². The van der Waals surface area contributed by atoms with Crippen LogP contribution >= 0.6 is 0 Å². The molecule has 2 rings (SSSR count). The van der Waals surface area contributed by atoms with E-state index in [-0.39, 0.29) is 29.3 Å². The molecule has 0 saturated heterocycles. The highest BCUT2D eigenvalue weighted by atomic mass is 16.5. The Labute approximate surface area is 159 Å². The number of hydrogen-bond acceptors (Lipinski definition) is 4. The minimum atomic E-state index is -0.658. The van der Waals surface area contributed by atoms with Crippen LogP contribution in [0.2, 0.25) is 0 Å². The predicted molar refractivity (Wildman–Crippen MR) is 104 cm³/mol. The molecular weight excluding hydrogens is 328 g/mol. The van der Waals surface area contributed by atoms with Crippen LogP contribution in [0.1, 0.15) is 79.6 Å². The Bertz CT molecular complexity index is 538. The normalized spacial score (nSPS) is 40.8. The van der Waals surface area contributed by atoms with Gasteiger partial charge in [0.05, 0.1) is 5.60 Å². The molecule has 2 N–H and O–H groups in total. The molecule has 0 unspecified atom stereocenters. The molecule has 5 atom stereocenters. The van der Waals surface area contributed by atoms with E-state index in [1.54, 1.807) is 0 Å². The van der Waals surface area contributed by atoms with Gasteiger partial charge in [0.2, 0.25) is 0 Å². The second-order valence-electron chi connectivity index (χ2n) is 9.56. The third-order valence-electron chi connectivity index (χ3n) is 7.49. The average Bonchev–Trinajstić information content (AvgIpc) is 2.53. The maximum atomic E-state index is 11.2. The summed E-state index contributed by atoms with van der Waals surface area (Å²) in [5.41, 5.74) is 0.582. The van der Waals surface area contributed by atoms with E-state index in [1.165, 1.54) is 12.5 Å². The fraction of sp³-hybridized carbons (Fsp3) is 0.864. The minimum Gasteiger partial charge on any atom is -0.462 e. The van der Waals surface area contributed by atoms with E-state index in [0.29, 0.717) is 12.5 Å². The lowest BCUT2D eigenvalue weighted by Gasteiger charge is -2.61. The zero-order chi connectivity index (χ0) is 19.6. The number of ether oxygens (including phenoxy) is 1. The van der Waals surface area contributed by atoms with Crippen LogP contribution in [0, 0.1) is 22.7 Å². The van der Waals surface area contributed by atoms with E-state index in [0.717, 1.165) is 44.9 Å². The first-order valence-electron chi connectivity index (χ1n) is 10.2. The van der Waals surface area contributed by atoms with Crippen molar-refractivity contribution >= 4 is 5.97 Å². The van der Waals surface area contributed by atoms with Crippen molar-refractivity contribution in [3.05, 3.63) is 11.6 Å². The summed E-state index contributed by atoms with van der Waals surface area (Å²) in [5, 5.41) is 21.3. The number of aliphatic hydroxyl groups is 2. The summed E-state index contributed by atoms with van der Waals surface area (Å²) in [6, 6.07) is 0. The second-order valence-corrected chi connectivity index (χ2v) is 9.56. The summed E-state index contributed by atoms with van der Waals surface area (Å²) in [7, 11) is 0. The van der Waals surface area contributed by atoms with Gasteiger partial charge in [-0.15, -0.1) is 0 Å². The fourth-order valence-electron chi connectivity index (χ4n) is 6.04. The molecule has 0 aromatic rings. The van der Waals surface area contributed by atoms with Crippen molar-refractivity contribution in [2.75, 3.05) is 13.2 Å². The number of fused-ring (bicyclic) bond motifs is 1. The molecule has 2 aliphatic carbocycles. The highest BCUT2D eigenvalue weighted by molar-refractivity contribution is 5.66. The van der Waals surface area contributed by atoms with E-state index in [1.807, 2.05) is 13.0 Å². The van der Waals surface area contributed by atoms with Crippen LogP contribution in [-0.2, 0) is 9.53 Å². The molecule has 0 aromatic carbocycles. The third-order valence-corrected chi connectivity index (χ3v) is 7.49.